The molecule has 0 saturated heterocycles. The Hall–Kier alpha value is -3.27. The van der Waals surface area contributed by atoms with Gasteiger partial charge in [-0.3, -0.25) is 0 Å². The summed E-state index contributed by atoms with van der Waals surface area (Å²) in [6.45, 7) is 2.10. The summed E-state index contributed by atoms with van der Waals surface area (Å²) in [6, 6.07) is 24.4. The summed E-state index contributed by atoms with van der Waals surface area (Å²) in [4.78, 5) is 9.36. The number of hydrogen-bond donors (Lipinski definition) is 1. The minimum absolute atomic E-state index is 0.0931. The third-order valence-electron chi connectivity index (χ3n) is 4.36. The van der Waals surface area contributed by atoms with Crippen LogP contribution < -0.4 is 5.32 Å². The Morgan fingerprint density at radius 2 is 1.50 bits per heavy atom. The first kappa shape index (κ1) is 16.2. The van der Waals surface area contributed by atoms with Crippen molar-refractivity contribution in [1.82, 2.24) is 9.97 Å². The van der Waals surface area contributed by atoms with Gasteiger partial charge in [-0.15, -0.1) is 0 Å². The Kier molecular flexibility index (Phi) is 4.32. The molecule has 3 nitrogen and oxygen atoms in total. The minimum Gasteiger partial charge on any atom is -0.363 e. The number of hydrogen-bond acceptors (Lipinski definition) is 3. The van der Waals surface area contributed by atoms with Crippen molar-refractivity contribution >= 4 is 16.7 Å². The van der Waals surface area contributed by atoms with Crippen molar-refractivity contribution in [3.8, 4) is 11.4 Å². The van der Waals surface area contributed by atoms with Crippen molar-refractivity contribution in [2.24, 2.45) is 0 Å². The van der Waals surface area contributed by atoms with E-state index in [0.717, 1.165) is 22.3 Å². The van der Waals surface area contributed by atoms with Crippen molar-refractivity contribution in [2.75, 3.05) is 5.32 Å². The van der Waals surface area contributed by atoms with Crippen LogP contribution in [0.15, 0.2) is 78.9 Å². The molecule has 0 aliphatic heterocycles. The van der Waals surface area contributed by atoms with E-state index in [2.05, 4.69) is 29.4 Å². The first-order valence-corrected chi connectivity index (χ1v) is 8.55. The van der Waals surface area contributed by atoms with Crippen LogP contribution in [-0.2, 0) is 0 Å². The maximum atomic E-state index is 13.2. The highest BCUT2D eigenvalue weighted by Crippen LogP contribution is 2.27. The molecule has 128 valence electrons. The van der Waals surface area contributed by atoms with Gasteiger partial charge in [0.2, 0.25) is 0 Å². The fourth-order valence-corrected chi connectivity index (χ4v) is 2.94. The minimum atomic E-state index is -0.273. The lowest BCUT2D eigenvalue weighted by Crippen LogP contribution is -2.09. The second-order valence-corrected chi connectivity index (χ2v) is 6.20. The van der Waals surface area contributed by atoms with E-state index in [-0.39, 0.29) is 11.9 Å². The Bertz CT molecular complexity index is 1030. The Morgan fingerprint density at radius 1 is 0.808 bits per heavy atom. The van der Waals surface area contributed by atoms with Gasteiger partial charge in [-0.1, -0.05) is 42.5 Å². The van der Waals surface area contributed by atoms with Gasteiger partial charge in [0.1, 0.15) is 11.6 Å². The number of benzene rings is 3. The zero-order chi connectivity index (χ0) is 17.9. The molecule has 4 heteroatoms. The normalized spacial score (nSPS) is 12.1. The Balaban J connectivity index is 1.78. The van der Waals surface area contributed by atoms with Gasteiger partial charge in [0.05, 0.1) is 5.52 Å². The first-order valence-electron chi connectivity index (χ1n) is 8.55. The molecule has 0 amide bonds. The molecule has 1 heterocycles. The molecule has 0 bridgehead atoms. The SMILES string of the molecule is C[C@@H](Nc1nc(-c2ccc(F)cc2)nc2ccccc12)c1ccccc1. The summed E-state index contributed by atoms with van der Waals surface area (Å²) in [5.41, 5.74) is 2.82. The third kappa shape index (κ3) is 3.26. The highest BCUT2D eigenvalue weighted by molar-refractivity contribution is 5.90. The molecule has 0 aliphatic rings. The van der Waals surface area contributed by atoms with Gasteiger partial charge >= 0.3 is 0 Å². The number of aromatic nitrogens is 2. The van der Waals surface area contributed by atoms with Gasteiger partial charge in [-0.05, 0) is 48.9 Å². The average molecular weight is 343 g/mol. The molecular weight excluding hydrogens is 325 g/mol. The molecule has 1 aromatic heterocycles. The molecular formula is C22H18FN3. The van der Waals surface area contributed by atoms with Crippen LogP contribution in [0.3, 0.4) is 0 Å². The number of rotatable bonds is 4. The summed E-state index contributed by atoms with van der Waals surface area (Å²) in [7, 11) is 0. The predicted octanol–water partition coefficient (Wildman–Crippen LogP) is 5.61. The predicted molar refractivity (Wildman–Crippen MR) is 103 cm³/mol. The van der Waals surface area contributed by atoms with Crippen LogP contribution >= 0.6 is 0 Å². The van der Waals surface area contributed by atoms with Gasteiger partial charge < -0.3 is 5.32 Å². The van der Waals surface area contributed by atoms with Gasteiger partial charge in [0.25, 0.3) is 0 Å². The number of nitrogens with zero attached hydrogens (tertiary/aromatic N) is 2. The van der Waals surface area contributed by atoms with Crippen LogP contribution in [0, 0.1) is 5.82 Å². The van der Waals surface area contributed by atoms with Gasteiger partial charge in [0.15, 0.2) is 5.82 Å². The van der Waals surface area contributed by atoms with Crippen molar-refractivity contribution in [1.29, 1.82) is 0 Å². The number of anilines is 1. The molecule has 1 atom stereocenters. The number of nitrogens with one attached hydrogen (secondary N) is 1. The van der Waals surface area contributed by atoms with Crippen LogP contribution in [0.5, 0.6) is 0 Å². The molecule has 0 unspecified atom stereocenters. The summed E-state index contributed by atoms with van der Waals surface area (Å²) in [5, 5.41) is 4.46. The van der Waals surface area contributed by atoms with Gasteiger partial charge in [-0.2, -0.15) is 0 Å². The monoisotopic (exact) mass is 343 g/mol. The zero-order valence-corrected chi connectivity index (χ0v) is 14.4. The van der Waals surface area contributed by atoms with Crippen LogP contribution in [0.4, 0.5) is 10.2 Å². The van der Waals surface area contributed by atoms with Crippen molar-refractivity contribution in [3.63, 3.8) is 0 Å². The molecule has 26 heavy (non-hydrogen) atoms. The van der Waals surface area contributed by atoms with E-state index in [1.54, 1.807) is 12.1 Å². The van der Waals surface area contributed by atoms with E-state index < -0.39 is 0 Å². The van der Waals surface area contributed by atoms with Crippen LogP contribution in [0.25, 0.3) is 22.3 Å². The lowest BCUT2D eigenvalue weighted by Gasteiger charge is -2.17. The molecule has 1 N–H and O–H groups in total. The van der Waals surface area contributed by atoms with E-state index in [1.165, 1.54) is 17.7 Å². The van der Waals surface area contributed by atoms with E-state index in [9.17, 15) is 4.39 Å². The zero-order valence-electron chi connectivity index (χ0n) is 14.4. The number of fused-ring (bicyclic) bond motifs is 1. The number of halogens is 1. The molecule has 4 aromatic rings. The summed E-state index contributed by atoms with van der Waals surface area (Å²) < 4.78 is 13.2. The van der Waals surface area contributed by atoms with E-state index in [0.29, 0.717) is 5.82 Å². The lowest BCUT2D eigenvalue weighted by molar-refractivity contribution is 0.628. The lowest BCUT2D eigenvalue weighted by atomic mass is 10.1. The molecule has 0 radical (unpaired) electrons. The molecule has 0 spiro atoms. The van der Waals surface area contributed by atoms with E-state index in [4.69, 9.17) is 4.98 Å². The molecule has 0 fully saturated rings. The number of para-hydroxylation sites is 1. The fourth-order valence-electron chi connectivity index (χ4n) is 2.94. The quantitative estimate of drug-likeness (QED) is 0.523. The second-order valence-electron chi connectivity index (χ2n) is 6.20. The van der Waals surface area contributed by atoms with Crippen molar-refractivity contribution < 1.29 is 4.39 Å². The topological polar surface area (TPSA) is 37.8 Å². The van der Waals surface area contributed by atoms with E-state index >= 15 is 0 Å². The van der Waals surface area contributed by atoms with Crippen LogP contribution in [0.2, 0.25) is 0 Å². The first-order chi connectivity index (χ1) is 12.7. The highest BCUT2D eigenvalue weighted by Gasteiger charge is 2.12. The van der Waals surface area contributed by atoms with E-state index in [1.807, 2.05) is 42.5 Å². The maximum absolute atomic E-state index is 13.2. The van der Waals surface area contributed by atoms with Gasteiger partial charge in [0, 0.05) is 17.0 Å². The highest BCUT2D eigenvalue weighted by atomic mass is 19.1. The second kappa shape index (κ2) is 6.92. The molecule has 3 aromatic carbocycles. The Labute approximate surface area is 151 Å². The van der Waals surface area contributed by atoms with Crippen LogP contribution in [-0.4, -0.2) is 9.97 Å². The van der Waals surface area contributed by atoms with Crippen LogP contribution in [0.1, 0.15) is 18.5 Å². The largest absolute Gasteiger partial charge is 0.363 e. The standard InChI is InChI=1S/C22H18FN3/c1-15(16-7-3-2-4-8-16)24-22-19-9-5-6-10-20(19)25-21(26-22)17-11-13-18(23)14-12-17/h2-15H,1H3,(H,24,25,26)/t15-/m1/s1. The molecule has 4 rings (SSSR count). The smallest absolute Gasteiger partial charge is 0.162 e. The molecule has 0 saturated carbocycles. The average Bonchev–Trinajstić information content (AvgIpc) is 2.69. The van der Waals surface area contributed by atoms with Crippen molar-refractivity contribution in [2.45, 2.75) is 13.0 Å². The third-order valence-corrected chi connectivity index (χ3v) is 4.36. The Morgan fingerprint density at radius 3 is 2.27 bits per heavy atom. The summed E-state index contributed by atoms with van der Waals surface area (Å²) in [5.74, 6) is 1.07. The molecule has 0 aliphatic carbocycles. The fraction of sp³-hybridized carbons (Fsp3) is 0.0909. The van der Waals surface area contributed by atoms with Gasteiger partial charge in [-0.25, -0.2) is 14.4 Å². The summed E-state index contributed by atoms with van der Waals surface area (Å²) >= 11 is 0. The maximum Gasteiger partial charge on any atom is 0.162 e. The van der Waals surface area contributed by atoms with Crippen molar-refractivity contribution in [3.05, 3.63) is 90.2 Å². The summed E-state index contributed by atoms with van der Waals surface area (Å²) in [6.07, 6.45) is 0.